The van der Waals surface area contributed by atoms with Crippen LogP contribution in [0.2, 0.25) is 0 Å². The van der Waals surface area contributed by atoms with E-state index >= 15 is 0 Å². The van der Waals surface area contributed by atoms with Gasteiger partial charge in [-0.05, 0) is 0 Å². The van der Waals surface area contributed by atoms with Gasteiger partial charge in [-0.2, -0.15) is 65.1 Å². The van der Waals surface area contributed by atoms with Gasteiger partial charge in [-0.15, -0.1) is 0 Å². The molecule has 0 saturated heterocycles. The Hall–Kier alpha value is -1.07. The van der Waals surface area contributed by atoms with Crippen LogP contribution in [0, 0.1) is 0 Å². The Balaban J connectivity index is 6.24. The molecule has 22 heteroatoms. The molecule has 0 aromatic carbocycles. The van der Waals surface area contributed by atoms with Crippen molar-refractivity contribution in [1.82, 2.24) is 0 Å². The van der Waals surface area contributed by atoms with Gasteiger partial charge in [0.05, 0.1) is 0 Å². The maximum atomic E-state index is 13.7. The Morgan fingerprint density at radius 2 is 0.862 bits per heavy atom. The fourth-order valence-electron chi connectivity index (χ4n) is 1.04. The lowest BCUT2D eigenvalue weighted by Crippen LogP contribution is -2.62. The van der Waals surface area contributed by atoms with Crippen molar-refractivity contribution in [3.05, 3.63) is 0 Å². The molecule has 176 valence electrons. The first-order valence-electron chi connectivity index (χ1n) is 5.76. The van der Waals surface area contributed by atoms with Crippen LogP contribution in [0.1, 0.15) is 0 Å². The van der Waals surface area contributed by atoms with Crippen LogP contribution in [0.5, 0.6) is 0 Å². The molecular formula is C7H5F11O9S2. The molecule has 3 N–H and O–H groups in total. The van der Waals surface area contributed by atoms with E-state index in [1.165, 1.54) is 0 Å². The summed E-state index contributed by atoms with van der Waals surface area (Å²) in [4.78, 5) is 0. The van der Waals surface area contributed by atoms with Crippen molar-refractivity contribution in [2.45, 2.75) is 34.7 Å². The first-order chi connectivity index (χ1) is 12.2. The van der Waals surface area contributed by atoms with Crippen molar-refractivity contribution in [1.29, 1.82) is 0 Å². The van der Waals surface area contributed by atoms with Crippen LogP contribution >= 0.6 is 0 Å². The van der Waals surface area contributed by atoms with Crippen LogP contribution in [-0.4, -0.2) is 72.3 Å². The second-order valence-corrected chi connectivity index (χ2v) is 7.55. The van der Waals surface area contributed by atoms with Gasteiger partial charge in [-0.1, -0.05) is 0 Å². The number of rotatable bonds is 10. The Kier molecular flexibility index (Phi) is 7.00. The number of ether oxygens (including phenoxy) is 2. The zero-order valence-electron chi connectivity index (χ0n) is 12.5. The highest BCUT2D eigenvalue weighted by Gasteiger charge is 2.77. The first kappa shape index (κ1) is 27.9. The molecule has 0 aliphatic heterocycles. The molecule has 0 bridgehead atoms. The molecule has 0 aliphatic rings. The molecule has 0 radical (unpaired) electrons. The van der Waals surface area contributed by atoms with Gasteiger partial charge in [0.1, 0.15) is 6.61 Å². The number of alkyl halides is 11. The van der Waals surface area contributed by atoms with Gasteiger partial charge in [0.15, 0.2) is 0 Å². The van der Waals surface area contributed by atoms with Crippen LogP contribution in [-0.2, 0) is 29.7 Å². The minimum atomic E-state index is -7.31. The van der Waals surface area contributed by atoms with Crippen molar-refractivity contribution < 1.29 is 88.8 Å². The number of halogens is 11. The highest BCUT2D eigenvalue weighted by molar-refractivity contribution is 7.87. The number of hydrogen-bond acceptors (Lipinski definition) is 7. The van der Waals surface area contributed by atoms with E-state index in [1.807, 2.05) is 4.74 Å². The molecule has 29 heavy (non-hydrogen) atoms. The summed E-state index contributed by atoms with van der Waals surface area (Å²) in [6.45, 7) is -3.41. The van der Waals surface area contributed by atoms with E-state index in [4.69, 9.17) is 14.2 Å². The van der Waals surface area contributed by atoms with Gasteiger partial charge < -0.3 is 5.11 Å². The second kappa shape index (κ2) is 7.26. The largest absolute Gasteiger partial charge is 0.460 e. The minimum absolute atomic E-state index is 1.71. The van der Waals surface area contributed by atoms with Crippen LogP contribution in [0.15, 0.2) is 0 Å². The van der Waals surface area contributed by atoms with Crippen LogP contribution < -0.4 is 0 Å². The van der Waals surface area contributed by atoms with E-state index in [2.05, 4.69) is 0 Å². The molecule has 0 aliphatic carbocycles. The molecule has 0 aromatic heterocycles. The molecular weight excluding hydrogens is 501 g/mol. The van der Waals surface area contributed by atoms with E-state index in [-0.39, 0.29) is 0 Å². The van der Waals surface area contributed by atoms with Crippen molar-refractivity contribution in [2.24, 2.45) is 0 Å². The Morgan fingerprint density at radius 3 is 1.10 bits per heavy atom. The number of aliphatic hydroxyl groups is 1. The number of hydrogen-bond donors (Lipinski definition) is 3. The zero-order valence-corrected chi connectivity index (χ0v) is 14.1. The van der Waals surface area contributed by atoms with Crippen LogP contribution in [0.4, 0.5) is 48.3 Å². The standard InChI is InChI=1S/C7H5F11O9S2/c8-2(1-19,26-4(11,12)6(15,16)28(20,21)22)3(9,10)27-5(13,14)7(17,18)29(23,24)25/h19H,1H2,(H,20,21,22)(H,23,24,25). The Labute approximate surface area is 151 Å². The predicted molar refractivity (Wildman–Crippen MR) is 60.9 cm³/mol. The van der Waals surface area contributed by atoms with E-state index in [9.17, 15) is 65.1 Å². The molecule has 0 aromatic rings. The maximum absolute atomic E-state index is 13.7. The average molecular weight is 506 g/mol. The number of aliphatic hydroxyl groups excluding tert-OH is 1. The van der Waals surface area contributed by atoms with Crippen molar-refractivity contribution >= 4 is 20.2 Å². The fraction of sp³-hybridized carbons (Fsp3) is 1.00. The SMILES string of the molecule is O=S(=O)(O)C(F)(F)C(F)(F)OC(F)(F)C(F)(CO)OC(F)(F)C(F)(F)S(=O)(=O)O. The van der Waals surface area contributed by atoms with Gasteiger partial charge in [-0.3, -0.25) is 13.8 Å². The third-order valence-corrected chi connectivity index (χ3v) is 4.28. The van der Waals surface area contributed by atoms with Gasteiger partial charge in [0.25, 0.3) is 0 Å². The van der Waals surface area contributed by atoms with Gasteiger partial charge in [0.2, 0.25) is 0 Å². The first-order valence-corrected chi connectivity index (χ1v) is 8.64. The molecule has 0 amide bonds. The van der Waals surface area contributed by atoms with Crippen molar-refractivity contribution in [3.63, 3.8) is 0 Å². The molecule has 0 rings (SSSR count). The lowest BCUT2D eigenvalue weighted by atomic mass is 10.3. The fourth-order valence-corrected chi connectivity index (χ4v) is 1.73. The molecule has 0 heterocycles. The Morgan fingerprint density at radius 1 is 0.586 bits per heavy atom. The van der Waals surface area contributed by atoms with E-state index in [1.54, 1.807) is 4.74 Å². The third kappa shape index (κ3) is 4.82. The van der Waals surface area contributed by atoms with E-state index in [0.29, 0.717) is 0 Å². The quantitative estimate of drug-likeness (QED) is 0.296. The summed E-state index contributed by atoms with van der Waals surface area (Å²) < 4.78 is 203. The summed E-state index contributed by atoms with van der Waals surface area (Å²) in [7, 11) is -14.6. The van der Waals surface area contributed by atoms with Crippen molar-refractivity contribution in [3.8, 4) is 0 Å². The van der Waals surface area contributed by atoms with Gasteiger partial charge in [0, 0.05) is 0 Å². The topological polar surface area (TPSA) is 147 Å². The molecule has 0 spiro atoms. The Bertz CT molecular complexity index is 824. The molecule has 0 saturated carbocycles. The third-order valence-electron chi connectivity index (χ3n) is 2.51. The van der Waals surface area contributed by atoms with Gasteiger partial charge in [-0.25, -0.2) is 4.74 Å². The average Bonchev–Trinajstić information content (AvgIpc) is 2.42. The van der Waals surface area contributed by atoms with Crippen LogP contribution in [0.3, 0.4) is 0 Å². The lowest BCUT2D eigenvalue weighted by Gasteiger charge is -2.37. The smallest absolute Gasteiger partial charge is 0.390 e. The predicted octanol–water partition coefficient (Wildman–Crippen LogP) is 1.42. The normalized spacial score (nSPS) is 17.9. The lowest BCUT2D eigenvalue weighted by molar-refractivity contribution is -0.506. The summed E-state index contributed by atoms with van der Waals surface area (Å²) >= 11 is 0. The molecule has 0 fully saturated rings. The molecule has 9 nitrogen and oxygen atoms in total. The van der Waals surface area contributed by atoms with E-state index in [0.717, 1.165) is 0 Å². The summed E-state index contributed by atoms with van der Waals surface area (Å²) in [6.07, 6.45) is -21.4. The summed E-state index contributed by atoms with van der Waals surface area (Å²) in [5, 5.41) is -5.75. The highest BCUT2D eigenvalue weighted by Crippen LogP contribution is 2.50. The molecule has 1 unspecified atom stereocenters. The monoisotopic (exact) mass is 506 g/mol. The summed E-state index contributed by atoms with van der Waals surface area (Å²) in [6, 6.07) is 0. The van der Waals surface area contributed by atoms with Crippen LogP contribution in [0.25, 0.3) is 0 Å². The highest BCUT2D eigenvalue weighted by atomic mass is 32.2. The second-order valence-electron chi connectivity index (χ2n) is 4.62. The zero-order chi connectivity index (χ0) is 24.1. The van der Waals surface area contributed by atoms with Gasteiger partial charge >= 0.3 is 54.9 Å². The van der Waals surface area contributed by atoms with E-state index < -0.39 is 61.5 Å². The maximum Gasteiger partial charge on any atom is 0.460 e. The summed E-state index contributed by atoms with van der Waals surface area (Å²) in [5.74, 6) is -6.40. The molecule has 1 atom stereocenters. The minimum Gasteiger partial charge on any atom is -0.390 e. The van der Waals surface area contributed by atoms with Crippen molar-refractivity contribution in [2.75, 3.05) is 6.61 Å². The summed E-state index contributed by atoms with van der Waals surface area (Å²) in [5.41, 5.74) is 0.